The summed E-state index contributed by atoms with van der Waals surface area (Å²) >= 11 is 1.60. The molecule has 2 atom stereocenters. The molecule has 1 heterocycles. The van der Waals surface area contributed by atoms with Crippen molar-refractivity contribution in [3.63, 3.8) is 0 Å². The van der Waals surface area contributed by atoms with Crippen LogP contribution in [0.3, 0.4) is 0 Å². The van der Waals surface area contributed by atoms with Crippen molar-refractivity contribution in [2.24, 2.45) is 0 Å². The van der Waals surface area contributed by atoms with Gasteiger partial charge < -0.3 is 20.1 Å². The van der Waals surface area contributed by atoms with E-state index in [-0.39, 0.29) is 24.8 Å². The minimum atomic E-state index is -0.957. The fraction of sp³-hybridized carbons (Fsp3) is 0.526. The molecule has 1 fully saturated rings. The number of carbonyl (C=O) groups excluding carboxylic acids is 2. The van der Waals surface area contributed by atoms with Crippen LogP contribution in [0.25, 0.3) is 0 Å². The smallest absolute Gasteiger partial charge is 0.306 e. The summed E-state index contributed by atoms with van der Waals surface area (Å²) in [4.78, 5) is 38.0. The predicted molar refractivity (Wildman–Crippen MR) is 104 cm³/mol. The largest absolute Gasteiger partial charge is 0.481 e. The number of hydrogen-bond donors (Lipinski definition) is 2. The Labute approximate surface area is 163 Å². The number of amides is 2. The first-order chi connectivity index (χ1) is 12.9. The first-order valence-electron chi connectivity index (χ1n) is 8.89. The summed E-state index contributed by atoms with van der Waals surface area (Å²) in [7, 11) is 0. The summed E-state index contributed by atoms with van der Waals surface area (Å²) < 4.78 is 5.43. The van der Waals surface area contributed by atoms with Crippen LogP contribution in [-0.4, -0.2) is 71.6 Å². The number of thioether (sulfide) groups is 1. The Hall–Kier alpha value is -2.06. The third-order valence-corrected chi connectivity index (χ3v) is 4.99. The number of nitrogens with one attached hydrogen (secondary N) is 1. The highest BCUT2D eigenvalue weighted by atomic mass is 32.2. The maximum absolute atomic E-state index is 13.0. The summed E-state index contributed by atoms with van der Waals surface area (Å²) in [6.07, 6.45) is 1.79. The molecule has 1 aliphatic heterocycles. The minimum Gasteiger partial charge on any atom is -0.481 e. The van der Waals surface area contributed by atoms with E-state index in [1.54, 1.807) is 34.9 Å². The number of carbonyl (C=O) groups is 3. The molecular formula is C19H26N2O5S. The molecule has 8 heteroatoms. The minimum absolute atomic E-state index is 0.144. The molecule has 1 aromatic carbocycles. The van der Waals surface area contributed by atoms with Gasteiger partial charge >= 0.3 is 5.97 Å². The highest BCUT2D eigenvalue weighted by Crippen LogP contribution is 2.13. The third kappa shape index (κ3) is 6.55. The summed E-state index contributed by atoms with van der Waals surface area (Å²) in [5, 5.41) is 11.8. The topological polar surface area (TPSA) is 95.9 Å². The van der Waals surface area contributed by atoms with E-state index in [2.05, 4.69) is 5.32 Å². The van der Waals surface area contributed by atoms with Gasteiger partial charge in [-0.05, 0) is 37.5 Å². The van der Waals surface area contributed by atoms with Crippen LogP contribution in [0.1, 0.15) is 28.8 Å². The summed E-state index contributed by atoms with van der Waals surface area (Å²) in [5.41, 5.74) is 1.49. The van der Waals surface area contributed by atoms with E-state index in [4.69, 9.17) is 9.84 Å². The summed E-state index contributed by atoms with van der Waals surface area (Å²) in [6.45, 7) is 2.82. The summed E-state index contributed by atoms with van der Waals surface area (Å²) in [6, 6.07) is 6.57. The number of aliphatic carboxylic acids is 1. The van der Waals surface area contributed by atoms with Gasteiger partial charge in [0, 0.05) is 18.7 Å². The van der Waals surface area contributed by atoms with E-state index < -0.39 is 18.1 Å². The summed E-state index contributed by atoms with van der Waals surface area (Å²) in [5.74, 6) is -0.703. The standard InChI is InChI=1S/C19H26N2O5S/c1-13-4-3-5-14(10-13)18(24)20-16(6-9-27-2)19(25)21-7-8-26-15(12-21)11-17(22)23/h3-5,10,15-16H,6-9,11-12H2,1-2H3,(H,20,24)(H,22,23). The van der Waals surface area contributed by atoms with Gasteiger partial charge in [-0.3, -0.25) is 14.4 Å². The Morgan fingerprint density at radius 2 is 2.19 bits per heavy atom. The van der Waals surface area contributed by atoms with Crippen molar-refractivity contribution in [3.8, 4) is 0 Å². The van der Waals surface area contributed by atoms with Crippen LogP contribution in [0, 0.1) is 6.92 Å². The molecule has 0 bridgehead atoms. The zero-order valence-electron chi connectivity index (χ0n) is 15.6. The molecule has 0 aliphatic carbocycles. The highest BCUT2D eigenvalue weighted by molar-refractivity contribution is 7.98. The highest BCUT2D eigenvalue weighted by Gasteiger charge is 2.31. The maximum atomic E-state index is 13.0. The molecule has 0 radical (unpaired) electrons. The van der Waals surface area contributed by atoms with Gasteiger partial charge in [0.25, 0.3) is 5.91 Å². The Morgan fingerprint density at radius 3 is 2.85 bits per heavy atom. The fourth-order valence-corrected chi connectivity index (χ4v) is 3.45. The van der Waals surface area contributed by atoms with Gasteiger partial charge in [0.1, 0.15) is 6.04 Å². The van der Waals surface area contributed by atoms with Gasteiger partial charge in [0.05, 0.1) is 19.1 Å². The Morgan fingerprint density at radius 1 is 1.41 bits per heavy atom. The second kappa shape index (κ2) is 10.3. The molecule has 1 aliphatic rings. The Kier molecular flexibility index (Phi) is 8.12. The van der Waals surface area contributed by atoms with Gasteiger partial charge in [-0.1, -0.05) is 17.7 Å². The van der Waals surface area contributed by atoms with Crippen LogP contribution in [0.4, 0.5) is 0 Å². The van der Waals surface area contributed by atoms with Crippen LogP contribution >= 0.6 is 11.8 Å². The lowest BCUT2D eigenvalue weighted by molar-refractivity contribution is -0.148. The Balaban J connectivity index is 2.06. The molecule has 1 saturated heterocycles. The number of rotatable bonds is 8. The lowest BCUT2D eigenvalue weighted by atomic mass is 10.1. The number of hydrogen-bond acceptors (Lipinski definition) is 5. The zero-order valence-corrected chi connectivity index (χ0v) is 16.5. The molecule has 148 valence electrons. The van der Waals surface area contributed by atoms with Crippen LogP contribution < -0.4 is 5.32 Å². The van der Waals surface area contributed by atoms with Crippen molar-refractivity contribution in [1.29, 1.82) is 0 Å². The number of nitrogens with zero attached hydrogens (tertiary/aromatic N) is 1. The van der Waals surface area contributed by atoms with Gasteiger partial charge in [0.15, 0.2) is 0 Å². The van der Waals surface area contributed by atoms with E-state index >= 15 is 0 Å². The second-order valence-electron chi connectivity index (χ2n) is 6.55. The van der Waals surface area contributed by atoms with Crippen LogP contribution in [0.2, 0.25) is 0 Å². The number of ether oxygens (including phenoxy) is 1. The van der Waals surface area contributed by atoms with Crippen molar-refractivity contribution in [3.05, 3.63) is 35.4 Å². The molecular weight excluding hydrogens is 368 g/mol. The van der Waals surface area contributed by atoms with Gasteiger partial charge in [-0.15, -0.1) is 0 Å². The molecule has 2 rings (SSSR count). The van der Waals surface area contributed by atoms with E-state index in [0.29, 0.717) is 25.1 Å². The van der Waals surface area contributed by atoms with Crippen LogP contribution in [0.15, 0.2) is 24.3 Å². The molecule has 2 amide bonds. The second-order valence-corrected chi connectivity index (χ2v) is 7.54. The Bertz CT molecular complexity index is 682. The first kappa shape index (κ1) is 21.2. The number of carboxylic acid groups (broad SMARTS) is 1. The molecule has 7 nitrogen and oxygen atoms in total. The lowest BCUT2D eigenvalue weighted by Crippen LogP contribution is -2.54. The molecule has 27 heavy (non-hydrogen) atoms. The van der Waals surface area contributed by atoms with Crippen molar-refractivity contribution in [2.75, 3.05) is 31.7 Å². The number of benzene rings is 1. The quantitative estimate of drug-likeness (QED) is 0.695. The first-order valence-corrected chi connectivity index (χ1v) is 10.3. The van der Waals surface area contributed by atoms with E-state index in [1.165, 1.54) is 0 Å². The van der Waals surface area contributed by atoms with Gasteiger partial charge in [0.2, 0.25) is 5.91 Å². The average molecular weight is 394 g/mol. The normalized spacial score (nSPS) is 18.0. The molecule has 0 saturated carbocycles. The van der Waals surface area contributed by atoms with E-state index in [1.807, 2.05) is 19.2 Å². The molecule has 2 unspecified atom stereocenters. The number of carboxylic acids is 1. The average Bonchev–Trinajstić information content (AvgIpc) is 2.64. The SMILES string of the molecule is CSCCC(NC(=O)c1cccc(C)c1)C(=O)N1CCOC(CC(=O)O)C1. The number of aryl methyl sites for hydroxylation is 1. The zero-order chi connectivity index (χ0) is 19.8. The van der Waals surface area contributed by atoms with Gasteiger partial charge in [-0.2, -0.15) is 11.8 Å². The van der Waals surface area contributed by atoms with Crippen LogP contribution in [-0.2, 0) is 14.3 Å². The van der Waals surface area contributed by atoms with Crippen LogP contribution in [0.5, 0.6) is 0 Å². The van der Waals surface area contributed by atoms with Crippen molar-refractivity contribution in [2.45, 2.75) is 31.9 Å². The van der Waals surface area contributed by atoms with E-state index in [9.17, 15) is 14.4 Å². The van der Waals surface area contributed by atoms with Crippen molar-refractivity contribution >= 4 is 29.5 Å². The monoisotopic (exact) mass is 394 g/mol. The van der Waals surface area contributed by atoms with Crippen molar-refractivity contribution < 1.29 is 24.2 Å². The molecule has 0 aromatic heterocycles. The number of morpholine rings is 1. The molecule has 2 N–H and O–H groups in total. The van der Waals surface area contributed by atoms with E-state index in [0.717, 1.165) is 11.3 Å². The maximum Gasteiger partial charge on any atom is 0.306 e. The lowest BCUT2D eigenvalue weighted by Gasteiger charge is -2.34. The molecule has 0 spiro atoms. The fourth-order valence-electron chi connectivity index (χ4n) is 2.98. The predicted octanol–water partition coefficient (Wildman–Crippen LogP) is 1.55. The van der Waals surface area contributed by atoms with Gasteiger partial charge in [-0.25, -0.2) is 0 Å². The van der Waals surface area contributed by atoms with Crippen molar-refractivity contribution in [1.82, 2.24) is 10.2 Å². The third-order valence-electron chi connectivity index (χ3n) is 4.35. The molecule has 1 aromatic rings.